The summed E-state index contributed by atoms with van der Waals surface area (Å²) >= 11 is 5.99. The van der Waals surface area contributed by atoms with Crippen LogP contribution in [0.4, 0.5) is 38.1 Å². The molecule has 0 spiro atoms. The molecule has 1 atom stereocenters. The molecular weight excluding hydrogens is 618 g/mol. The molecule has 5 rings (SSSR count). The van der Waals surface area contributed by atoms with E-state index in [-0.39, 0.29) is 47.3 Å². The lowest BCUT2D eigenvalue weighted by molar-refractivity contribution is -0.143. The number of hydrogen-bond donors (Lipinski definition) is 0. The first-order valence-electron chi connectivity index (χ1n) is 12.9. The maximum atomic E-state index is 13.6. The van der Waals surface area contributed by atoms with Gasteiger partial charge in [0.2, 0.25) is 11.2 Å². The number of aromatic nitrogens is 6. The van der Waals surface area contributed by atoms with Crippen molar-refractivity contribution in [2.75, 3.05) is 30.0 Å². The van der Waals surface area contributed by atoms with Crippen LogP contribution in [0, 0.1) is 0 Å². The molecule has 4 aromatic rings. The Balaban J connectivity index is 1.53. The molecule has 4 heterocycles. The van der Waals surface area contributed by atoms with Gasteiger partial charge in [-0.1, -0.05) is 0 Å². The van der Waals surface area contributed by atoms with Gasteiger partial charge in [-0.05, 0) is 41.8 Å². The summed E-state index contributed by atoms with van der Waals surface area (Å²) in [6.45, 7) is 0.0743. The molecule has 10 nitrogen and oxygen atoms in total. The van der Waals surface area contributed by atoms with E-state index in [0.29, 0.717) is 36.2 Å². The van der Waals surface area contributed by atoms with Gasteiger partial charge in [-0.15, -0.1) is 0 Å². The van der Waals surface area contributed by atoms with E-state index in [4.69, 9.17) is 16.3 Å². The molecule has 232 valence electrons. The first-order chi connectivity index (χ1) is 20.7. The highest BCUT2D eigenvalue weighted by atomic mass is 35.5. The number of aryl methyl sites for hydroxylation is 1. The third-order valence-corrected chi connectivity index (χ3v) is 7.16. The fourth-order valence-electron chi connectivity index (χ4n) is 4.89. The normalized spacial score (nSPS) is 15.5. The van der Waals surface area contributed by atoms with Gasteiger partial charge in [0.15, 0.2) is 0 Å². The van der Waals surface area contributed by atoms with Crippen LogP contribution in [0.15, 0.2) is 49.2 Å². The van der Waals surface area contributed by atoms with Crippen molar-refractivity contribution in [3.8, 4) is 11.1 Å². The summed E-state index contributed by atoms with van der Waals surface area (Å²) in [5, 5.41) is 3.97. The van der Waals surface area contributed by atoms with Crippen molar-refractivity contribution in [2.45, 2.75) is 31.4 Å². The van der Waals surface area contributed by atoms with Crippen LogP contribution in [0.5, 0.6) is 0 Å². The molecule has 1 aliphatic rings. The number of esters is 1. The Kier molecular flexibility index (Phi) is 8.38. The molecule has 1 saturated heterocycles. The van der Waals surface area contributed by atoms with E-state index in [9.17, 15) is 31.1 Å². The van der Waals surface area contributed by atoms with Crippen LogP contribution in [0.25, 0.3) is 11.1 Å². The Morgan fingerprint density at radius 3 is 2.23 bits per heavy atom. The van der Waals surface area contributed by atoms with Crippen molar-refractivity contribution in [3.63, 3.8) is 0 Å². The van der Waals surface area contributed by atoms with Crippen molar-refractivity contribution >= 4 is 29.3 Å². The highest BCUT2D eigenvalue weighted by Gasteiger charge is 2.38. The van der Waals surface area contributed by atoms with Crippen LogP contribution in [-0.2, 0) is 30.7 Å². The number of methoxy groups -OCH3 is 1. The first-order valence-corrected chi connectivity index (χ1v) is 13.3. The number of hydrogen-bond acceptors (Lipinski definition) is 9. The van der Waals surface area contributed by atoms with Gasteiger partial charge in [0.05, 0.1) is 30.5 Å². The molecule has 1 fully saturated rings. The zero-order valence-corrected chi connectivity index (χ0v) is 23.8. The summed E-state index contributed by atoms with van der Waals surface area (Å²) in [6, 6.07) is 0.913. The number of nitrogens with zero attached hydrogens (tertiary/aromatic N) is 8. The summed E-state index contributed by atoms with van der Waals surface area (Å²) in [6.07, 6.45) is -2.13. The van der Waals surface area contributed by atoms with Gasteiger partial charge < -0.3 is 14.5 Å². The molecule has 0 aliphatic carbocycles. The highest BCUT2D eigenvalue weighted by molar-refractivity contribution is 6.28. The Hall–Kier alpha value is -4.47. The van der Waals surface area contributed by atoms with Gasteiger partial charge in [-0.2, -0.15) is 36.4 Å². The molecule has 1 aromatic carbocycles. The van der Waals surface area contributed by atoms with Crippen LogP contribution in [0.2, 0.25) is 5.28 Å². The van der Waals surface area contributed by atoms with E-state index in [1.54, 1.807) is 29.0 Å². The number of carbonyl (C=O) groups is 1. The van der Waals surface area contributed by atoms with Crippen molar-refractivity contribution in [3.05, 3.63) is 76.7 Å². The second-order valence-electron chi connectivity index (χ2n) is 9.97. The third kappa shape index (κ3) is 6.69. The first kappa shape index (κ1) is 31.0. The van der Waals surface area contributed by atoms with E-state index in [2.05, 4.69) is 25.0 Å². The lowest BCUT2D eigenvalue weighted by Crippen LogP contribution is -2.39. The lowest BCUT2D eigenvalue weighted by atomic mass is 10.0. The van der Waals surface area contributed by atoms with Crippen LogP contribution < -0.4 is 9.80 Å². The van der Waals surface area contributed by atoms with Crippen LogP contribution >= 0.6 is 11.6 Å². The zero-order chi connectivity index (χ0) is 31.8. The topological polar surface area (TPSA) is 102 Å². The maximum absolute atomic E-state index is 13.6. The Morgan fingerprint density at radius 2 is 1.66 bits per heavy atom. The van der Waals surface area contributed by atoms with Crippen LogP contribution in [0.3, 0.4) is 0 Å². The SMILES string of the molecule is COC(=O)c1cnc(Cl)nc1N1CC[C@H](N(Cc2cc(C(F)(F)F)cc(C(F)(F)F)c2)c2ncc(-c3cnn(C)c3)cn2)C1. The van der Waals surface area contributed by atoms with Crippen molar-refractivity contribution in [1.29, 1.82) is 0 Å². The second kappa shape index (κ2) is 11.9. The third-order valence-electron chi connectivity index (χ3n) is 6.98. The number of benzene rings is 1. The standard InChI is InChI=1S/C27H23ClF6N8O2/c1-40-13-17(10-38-40)16-8-36-25(37-9-16)42(12-15-5-18(26(29,30)31)7-19(6-15)27(32,33)34)20-3-4-41(14-20)22-21(23(43)44-2)11-35-24(28)39-22/h5-11,13,20H,3-4,12,14H2,1-2H3/t20-/m0/s1. The molecule has 17 heteroatoms. The molecule has 0 bridgehead atoms. The fraction of sp³-hybridized carbons (Fsp3) is 0.333. The van der Waals surface area contributed by atoms with E-state index in [0.717, 1.165) is 0 Å². The van der Waals surface area contributed by atoms with Crippen LogP contribution in [0.1, 0.15) is 33.5 Å². The number of rotatable bonds is 7. The molecule has 3 aromatic heterocycles. The highest BCUT2D eigenvalue weighted by Crippen LogP contribution is 2.37. The van der Waals surface area contributed by atoms with Gasteiger partial charge in [0.1, 0.15) is 11.4 Å². The maximum Gasteiger partial charge on any atom is 0.416 e. The number of halogens is 7. The minimum atomic E-state index is -5.01. The second-order valence-corrected chi connectivity index (χ2v) is 10.3. The molecule has 0 N–H and O–H groups in total. The van der Waals surface area contributed by atoms with Gasteiger partial charge in [-0.3, -0.25) is 4.68 Å². The van der Waals surface area contributed by atoms with E-state index in [1.807, 2.05) is 0 Å². The number of ether oxygens (including phenoxy) is 1. The summed E-state index contributed by atoms with van der Waals surface area (Å²) in [7, 11) is 2.92. The summed E-state index contributed by atoms with van der Waals surface area (Å²) in [5.74, 6) is -0.468. The lowest BCUT2D eigenvalue weighted by Gasteiger charge is -2.30. The summed E-state index contributed by atoms with van der Waals surface area (Å²) < 4.78 is 88.2. The average molecular weight is 641 g/mol. The molecule has 0 radical (unpaired) electrons. The Morgan fingerprint density at radius 1 is 1.00 bits per heavy atom. The predicted molar refractivity (Wildman–Crippen MR) is 146 cm³/mol. The Labute approximate surface area is 251 Å². The molecule has 1 aliphatic heterocycles. The largest absolute Gasteiger partial charge is 0.465 e. The molecular formula is C27H23ClF6N8O2. The predicted octanol–water partition coefficient (Wildman–Crippen LogP) is 5.43. The molecule has 0 saturated carbocycles. The molecule has 44 heavy (non-hydrogen) atoms. The monoisotopic (exact) mass is 640 g/mol. The van der Waals surface area contributed by atoms with E-state index >= 15 is 0 Å². The quantitative estimate of drug-likeness (QED) is 0.149. The van der Waals surface area contributed by atoms with Gasteiger partial charge >= 0.3 is 18.3 Å². The smallest absolute Gasteiger partial charge is 0.416 e. The average Bonchev–Trinajstić information content (AvgIpc) is 3.64. The fourth-order valence-corrected chi connectivity index (χ4v) is 5.02. The van der Waals surface area contributed by atoms with Crippen molar-refractivity contribution < 1.29 is 35.9 Å². The van der Waals surface area contributed by atoms with Gasteiger partial charge in [0.25, 0.3) is 0 Å². The number of alkyl halides is 6. The Bertz CT molecular complexity index is 1630. The van der Waals surface area contributed by atoms with E-state index < -0.39 is 35.5 Å². The van der Waals surface area contributed by atoms with Crippen molar-refractivity contribution in [1.82, 2.24) is 29.7 Å². The van der Waals surface area contributed by atoms with Crippen molar-refractivity contribution in [2.24, 2.45) is 7.05 Å². The molecule has 0 unspecified atom stereocenters. The summed E-state index contributed by atoms with van der Waals surface area (Å²) in [5.41, 5.74) is -1.75. The molecule has 0 amide bonds. The zero-order valence-electron chi connectivity index (χ0n) is 23.1. The minimum absolute atomic E-state index is 0.0360. The van der Waals surface area contributed by atoms with Gasteiger partial charge in [0, 0.05) is 62.6 Å². The van der Waals surface area contributed by atoms with Gasteiger partial charge in [-0.25, -0.2) is 19.7 Å². The number of carbonyl (C=O) groups excluding carboxylic acids is 1. The summed E-state index contributed by atoms with van der Waals surface area (Å²) in [4.78, 5) is 32.4. The minimum Gasteiger partial charge on any atom is -0.465 e. The van der Waals surface area contributed by atoms with Crippen LogP contribution in [-0.4, -0.2) is 61.9 Å². The van der Waals surface area contributed by atoms with E-state index in [1.165, 1.54) is 30.6 Å². The number of anilines is 2.